The summed E-state index contributed by atoms with van der Waals surface area (Å²) in [5.74, 6) is 0. The van der Waals surface area contributed by atoms with Gasteiger partial charge in [0.05, 0.1) is 15.7 Å². The summed E-state index contributed by atoms with van der Waals surface area (Å²) in [7, 11) is 0. The largest absolute Gasteiger partial charge is 0.397 e. The van der Waals surface area contributed by atoms with Gasteiger partial charge in [-0.05, 0) is 36.8 Å². The maximum absolute atomic E-state index is 5.87. The average molecular weight is 253 g/mol. The molecule has 1 heterocycles. The number of hydrogen-bond acceptors (Lipinski definition) is 3. The van der Waals surface area contributed by atoms with Crippen molar-refractivity contribution < 1.29 is 0 Å². The predicted molar refractivity (Wildman–Crippen MR) is 72.2 cm³/mol. The fourth-order valence-electron chi connectivity index (χ4n) is 1.45. The first-order chi connectivity index (χ1) is 7.65. The molecule has 0 aliphatic heterocycles. The lowest BCUT2D eigenvalue weighted by Gasteiger charge is -2.08. The number of rotatable bonds is 3. The molecule has 0 spiro atoms. The van der Waals surface area contributed by atoms with Gasteiger partial charge in [0.15, 0.2) is 0 Å². The molecular weight excluding hydrogens is 240 g/mol. The molecule has 0 aliphatic carbocycles. The van der Waals surface area contributed by atoms with Crippen molar-refractivity contribution in [3.8, 4) is 0 Å². The lowest BCUT2D eigenvalue weighted by molar-refractivity contribution is 1.19. The summed E-state index contributed by atoms with van der Waals surface area (Å²) in [6, 6.07) is 9.89. The van der Waals surface area contributed by atoms with Gasteiger partial charge in [0.1, 0.15) is 0 Å². The van der Waals surface area contributed by atoms with Crippen molar-refractivity contribution in [1.29, 1.82) is 0 Å². The smallest absolute Gasteiger partial charge is 0.0931 e. The van der Waals surface area contributed by atoms with E-state index in [1.807, 2.05) is 37.3 Å². The summed E-state index contributed by atoms with van der Waals surface area (Å²) in [6.07, 6.45) is 0. The lowest BCUT2D eigenvalue weighted by atomic mass is 10.2. The van der Waals surface area contributed by atoms with E-state index < -0.39 is 0 Å². The van der Waals surface area contributed by atoms with E-state index in [1.54, 1.807) is 11.3 Å². The Labute approximate surface area is 104 Å². The third-order valence-corrected chi connectivity index (χ3v) is 3.52. The van der Waals surface area contributed by atoms with Crippen LogP contribution < -0.4 is 11.1 Å². The second kappa shape index (κ2) is 4.76. The van der Waals surface area contributed by atoms with Crippen LogP contribution in [-0.4, -0.2) is 0 Å². The fraction of sp³-hybridized carbons (Fsp3) is 0.167. The van der Waals surface area contributed by atoms with Crippen molar-refractivity contribution >= 4 is 34.3 Å². The van der Waals surface area contributed by atoms with Gasteiger partial charge >= 0.3 is 0 Å². The maximum atomic E-state index is 5.87. The molecule has 0 amide bonds. The van der Waals surface area contributed by atoms with Crippen LogP contribution in [0.4, 0.5) is 11.4 Å². The number of benzene rings is 1. The molecule has 0 fully saturated rings. The molecule has 1 aromatic carbocycles. The Morgan fingerprint density at radius 3 is 2.81 bits per heavy atom. The average Bonchev–Trinajstić information content (AvgIpc) is 2.66. The second-order valence-corrected chi connectivity index (χ2v) is 5.45. The Balaban J connectivity index is 2.07. The van der Waals surface area contributed by atoms with Crippen LogP contribution in [-0.2, 0) is 6.54 Å². The highest BCUT2D eigenvalue weighted by atomic mass is 35.5. The topological polar surface area (TPSA) is 38.0 Å². The van der Waals surface area contributed by atoms with Crippen molar-refractivity contribution in [3.05, 3.63) is 45.1 Å². The first-order valence-corrected chi connectivity index (χ1v) is 6.19. The van der Waals surface area contributed by atoms with Crippen molar-refractivity contribution in [3.63, 3.8) is 0 Å². The number of aryl methyl sites for hydroxylation is 1. The minimum absolute atomic E-state index is 0.755. The molecule has 0 atom stereocenters. The summed E-state index contributed by atoms with van der Waals surface area (Å²) in [4.78, 5) is 1.20. The van der Waals surface area contributed by atoms with E-state index in [0.717, 1.165) is 22.3 Å². The molecule has 3 N–H and O–H groups in total. The van der Waals surface area contributed by atoms with Gasteiger partial charge in [-0.1, -0.05) is 17.7 Å². The van der Waals surface area contributed by atoms with Crippen LogP contribution in [0.25, 0.3) is 0 Å². The van der Waals surface area contributed by atoms with Gasteiger partial charge in [-0.15, -0.1) is 11.3 Å². The first-order valence-electron chi connectivity index (χ1n) is 4.99. The normalized spacial score (nSPS) is 10.4. The molecule has 0 aliphatic rings. The van der Waals surface area contributed by atoms with E-state index in [-0.39, 0.29) is 0 Å². The summed E-state index contributed by atoms with van der Waals surface area (Å²) >= 11 is 7.44. The summed E-state index contributed by atoms with van der Waals surface area (Å²) in [6.45, 7) is 2.80. The minimum atomic E-state index is 0.755. The maximum Gasteiger partial charge on any atom is 0.0931 e. The van der Waals surface area contributed by atoms with Crippen molar-refractivity contribution in [2.75, 3.05) is 11.1 Å². The van der Waals surface area contributed by atoms with E-state index in [0.29, 0.717) is 0 Å². The predicted octanol–water partition coefficient (Wildman–Crippen LogP) is 3.90. The molecule has 0 saturated heterocycles. The number of hydrogen-bond donors (Lipinski definition) is 2. The number of anilines is 2. The highest BCUT2D eigenvalue weighted by Crippen LogP contribution is 2.24. The SMILES string of the molecule is Cc1ccc(N)c(NCc2ccc(Cl)s2)c1. The Morgan fingerprint density at radius 2 is 2.12 bits per heavy atom. The van der Waals surface area contributed by atoms with Gasteiger partial charge in [0.25, 0.3) is 0 Å². The third-order valence-electron chi connectivity index (χ3n) is 2.29. The van der Waals surface area contributed by atoms with E-state index in [4.69, 9.17) is 17.3 Å². The standard InChI is InChI=1S/C12H13ClN2S/c1-8-2-4-10(14)11(6-8)15-7-9-3-5-12(13)16-9/h2-6,15H,7,14H2,1H3. The Hall–Kier alpha value is -1.19. The zero-order valence-electron chi connectivity index (χ0n) is 8.96. The number of nitrogens with one attached hydrogen (secondary N) is 1. The van der Waals surface area contributed by atoms with Gasteiger partial charge in [-0.2, -0.15) is 0 Å². The molecular formula is C12H13ClN2S. The van der Waals surface area contributed by atoms with E-state index in [9.17, 15) is 0 Å². The summed E-state index contributed by atoms with van der Waals surface area (Å²) in [5, 5.41) is 3.31. The number of nitrogens with two attached hydrogens (primary N) is 1. The second-order valence-electron chi connectivity index (χ2n) is 3.65. The van der Waals surface area contributed by atoms with Crippen molar-refractivity contribution in [1.82, 2.24) is 0 Å². The molecule has 0 bridgehead atoms. The molecule has 16 heavy (non-hydrogen) atoms. The van der Waals surface area contributed by atoms with Crippen molar-refractivity contribution in [2.24, 2.45) is 0 Å². The number of nitrogen functional groups attached to an aromatic ring is 1. The highest BCUT2D eigenvalue weighted by Gasteiger charge is 2.01. The molecule has 1 aromatic heterocycles. The van der Waals surface area contributed by atoms with E-state index in [2.05, 4.69) is 5.32 Å². The van der Waals surface area contributed by atoms with Crippen LogP contribution in [0, 0.1) is 6.92 Å². The monoisotopic (exact) mass is 252 g/mol. The molecule has 2 aromatic rings. The molecule has 2 nitrogen and oxygen atoms in total. The number of thiophene rings is 1. The molecule has 84 valence electrons. The van der Waals surface area contributed by atoms with Crippen molar-refractivity contribution in [2.45, 2.75) is 13.5 Å². The van der Waals surface area contributed by atoms with Crippen LogP contribution in [0.5, 0.6) is 0 Å². The van der Waals surface area contributed by atoms with Gasteiger partial charge in [0, 0.05) is 11.4 Å². The van der Waals surface area contributed by atoms with E-state index in [1.165, 1.54) is 10.4 Å². The van der Waals surface area contributed by atoms with Gasteiger partial charge < -0.3 is 11.1 Å². The van der Waals surface area contributed by atoms with Crippen LogP contribution in [0.3, 0.4) is 0 Å². The fourth-order valence-corrected chi connectivity index (χ4v) is 2.48. The molecule has 4 heteroatoms. The molecule has 0 saturated carbocycles. The molecule has 2 rings (SSSR count). The molecule has 0 unspecified atom stereocenters. The van der Waals surface area contributed by atoms with Gasteiger partial charge in [-0.25, -0.2) is 0 Å². The van der Waals surface area contributed by atoms with Crippen LogP contribution in [0.2, 0.25) is 4.34 Å². The first kappa shape index (κ1) is 11.3. The third kappa shape index (κ3) is 2.68. The van der Waals surface area contributed by atoms with Gasteiger partial charge in [-0.3, -0.25) is 0 Å². The number of halogens is 1. The zero-order chi connectivity index (χ0) is 11.5. The minimum Gasteiger partial charge on any atom is -0.397 e. The molecule has 0 radical (unpaired) electrons. The van der Waals surface area contributed by atoms with E-state index >= 15 is 0 Å². The summed E-state index contributed by atoms with van der Waals surface area (Å²) < 4.78 is 0.814. The Morgan fingerprint density at radius 1 is 1.31 bits per heavy atom. The van der Waals surface area contributed by atoms with Gasteiger partial charge in [0.2, 0.25) is 0 Å². The quantitative estimate of drug-likeness (QED) is 0.813. The summed E-state index contributed by atoms with van der Waals surface area (Å²) in [5.41, 5.74) is 8.82. The Bertz CT molecular complexity index is 494. The lowest BCUT2D eigenvalue weighted by Crippen LogP contribution is -2.01. The Kier molecular flexibility index (Phi) is 3.36. The van der Waals surface area contributed by atoms with Crippen LogP contribution in [0.1, 0.15) is 10.4 Å². The van der Waals surface area contributed by atoms with Crippen LogP contribution >= 0.6 is 22.9 Å². The highest BCUT2D eigenvalue weighted by molar-refractivity contribution is 7.16. The van der Waals surface area contributed by atoms with Crippen LogP contribution in [0.15, 0.2) is 30.3 Å². The zero-order valence-corrected chi connectivity index (χ0v) is 10.5.